The maximum absolute atomic E-state index is 8.20. The van der Waals surface area contributed by atoms with Crippen LogP contribution < -0.4 is 5.73 Å². The summed E-state index contributed by atoms with van der Waals surface area (Å²) >= 11 is 8.81. The van der Waals surface area contributed by atoms with Gasteiger partial charge in [0, 0.05) is 12.3 Å². The van der Waals surface area contributed by atoms with Crippen molar-refractivity contribution in [3.05, 3.63) is 0 Å². The molecule has 0 aliphatic carbocycles. The van der Waals surface area contributed by atoms with Crippen LogP contribution >= 0.6 is 43.6 Å². The molecule has 0 saturated carbocycles. The van der Waals surface area contributed by atoms with Crippen LogP contribution in [-0.2, 0) is 0 Å². The molecule has 140 valence electrons. The average molecular weight is 483 g/mol. The largest absolute Gasteiger partial charge is 0.317 e. The third-order valence-corrected chi connectivity index (χ3v) is 7.52. The topological polar surface area (TPSA) is 73.6 Å². The Balaban J connectivity index is 0. The first-order valence-corrected chi connectivity index (χ1v) is 11.8. The van der Waals surface area contributed by atoms with E-state index >= 15 is 0 Å². The Labute approximate surface area is 170 Å². The van der Waals surface area contributed by atoms with E-state index in [1.54, 1.807) is 0 Å². The summed E-state index contributed by atoms with van der Waals surface area (Å²) in [5.74, 6) is 1.25. The molecule has 0 saturated heterocycles. The minimum absolute atomic E-state index is 0.0367. The second-order valence-corrected chi connectivity index (χ2v) is 9.77. The Morgan fingerprint density at radius 1 is 1.00 bits per heavy atom. The van der Waals surface area contributed by atoms with E-state index in [9.17, 15) is 0 Å². The van der Waals surface area contributed by atoms with Crippen molar-refractivity contribution in [2.75, 3.05) is 5.75 Å². The van der Waals surface area contributed by atoms with E-state index in [1.807, 2.05) is 30.8 Å². The number of thioether (sulfide) groups is 1. The number of nitriles is 2. The Morgan fingerprint density at radius 2 is 1.54 bits per heavy atom. The highest BCUT2D eigenvalue weighted by atomic mass is 79.9. The Hall–Kier alpha value is 0.250. The zero-order valence-corrected chi connectivity index (χ0v) is 19.1. The van der Waals surface area contributed by atoms with Gasteiger partial charge in [0.2, 0.25) is 0 Å². The molecular weight excluding hydrogens is 450 g/mol. The molecule has 0 radical (unpaired) electrons. The first-order valence-electron chi connectivity index (χ1n) is 8.91. The van der Waals surface area contributed by atoms with Gasteiger partial charge in [-0.1, -0.05) is 83.7 Å². The summed E-state index contributed by atoms with van der Waals surface area (Å²) < 4.78 is 0.344. The number of rotatable bonds is 13. The van der Waals surface area contributed by atoms with Gasteiger partial charge in [0.05, 0.1) is 21.2 Å². The highest BCUT2D eigenvalue weighted by Gasteiger charge is 2.10. The molecule has 0 amide bonds. The Morgan fingerprint density at radius 3 is 2.00 bits per heavy atom. The van der Waals surface area contributed by atoms with Gasteiger partial charge in [-0.3, -0.25) is 0 Å². The minimum Gasteiger partial charge on any atom is -0.317 e. The van der Waals surface area contributed by atoms with Gasteiger partial charge in [-0.15, -0.1) is 11.8 Å². The zero-order chi connectivity index (χ0) is 18.6. The van der Waals surface area contributed by atoms with E-state index in [1.165, 1.54) is 57.1 Å². The monoisotopic (exact) mass is 481 g/mol. The molecule has 0 aliphatic heterocycles. The zero-order valence-electron chi connectivity index (χ0n) is 15.1. The highest BCUT2D eigenvalue weighted by molar-refractivity contribution is 9.13. The van der Waals surface area contributed by atoms with E-state index in [0.717, 1.165) is 0 Å². The maximum atomic E-state index is 8.20. The third-order valence-electron chi connectivity index (χ3n) is 3.43. The van der Waals surface area contributed by atoms with E-state index < -0.39 is 0 Å². The minimum atomic E-state index is 0.0367. The summed E-state index contributed by atoms with van der Waals surface area (Å²) in [6.45, 7) is 4.08. The van der Waals surface area contributed by atoms with Crippen molar-refractivity contribution in [1.29, 1.82) is 10.5 Å². The normalized spacial score (nSPS) is 13.8. The molecule has 0 aromatic carbocycles. The number of nitrogens with two attached hydrogens (primary N) is 1. The molecule has 3 nitrogen and oxygen atoms in total. The molecule has 0 bridgehead atoms. The fourth-order valence-corrected chi connectivity index (χ4v) is 3.67. The molecule has 0 aromatic rings. The van der Waals surface area contributed by atoms with Crippen molar-refractivity contribution in [2.45, 2.75) is 87.2 Å². The van der Waals surface area contributed by atoms with Crippen molar-refractivity contribution < 1.29 is 0 Å². The molecule has 0 aliphatic rings. The molecule has 3 atom stereocenters. The number of nitrogens with zero attached hydrogens (tertiary/aromatic N) is 2. The maximum Gasteiger partial charge on any atom is 0.0850 e. The number of hydrogen-bond acceptors (Lipinski definition) is 4. The Kier molecular flexibility index (Phi) is 23.5. The van der Waals surface area contributed by atoms with Crippen molar-refractivity contribution in [1.82, 2.24) is 0 Å². The van der Waals surface area contributed by atoms with Crippen molar-refractivity contribution in [2.24, 2.45) is 11.7 Å². The second-order valence-electron chi connectivity index (χ2n) is 5.87. The molecule has 0 heterocycles. The Bertz CT molecular complexity index is 340. The van der Waals surface area contributed by atoms with E-state index in [-0.39, 0.29) is 10.9 Å². The van der Waals surface area contributed by atoms with Crippen molar-refractivity contribution >= 4 is 43.6 Å². The predicted molar refractivity (Wildman–Crippen MR) is 114 cm³/mol. The van der Waals surface area contributed by atoms with Crippen LogP contribution in [0.25, 0.3) is 0 Å². The second kappa shape index (κ2) is 21.3. The van der Waals surface area contributed by atoms with Crippen LogP contribution in [-0.4, -0.2) is 14.9 Å². The first-order chi connectivity index (χ1) is 11.5. The van der Waals surface area contributed by atoms with Crippen LogP contribution in [0, 0.1) is 28.6 Å². The van der Waals surface area contributed by atoms with Crippen LogP contribution in [0.1, 0.15) is 78.1 Å². The fourth-order valence-electron chi connectivity index (χ4n) is 1.87. The predicted octanol–water partition coefficient (Wildman–Crippen LogP) is 6.71. The first kappa shape index (κ1) is 26.5. The van der Waals surface area contributed by atoms with Gasteiger partial charge in [0.25, 0.3) is 0 Å². The number of alkyl halides is 2. The highest BCUT2D eigenvalue weighted by Crippen LogP contribution is 2.24. The summed E-state index contributed by atoms with van der Waals surface area (Å²) in [5, 5.41) is 16.3. The van der Waals surface area contributed by atoms with Gasteiger partial charge < -0.3 is 5.73 Å². The number of unbranched alkanes of at least 4 members (excludes halogenated alkanes) is 7. The smallest absolute Gasteiger partial charge is 0.0850 e. The molecule has 6 heteroatoms. The lowest BCUT2D eigenvalue weighted by Crippen LogP contribution is -2.20. The molecule has 3 unspecified atom stereocenters. The van der Waals surface area contributed by atoms with Crippen LogP contribution in [0.4, 0.5) is 0 Å². The van der Waals surface area contributed by atoms with Crippen LogP contribution in [0.2, 0.25) is 0 Å². The number of hydrogen-bond donors (Lipinski definition) is 1. The molecular formula is C18H33Br2N3S. The third kappa shape index (κ3) is 22.2. The molecule has 0 spiro atoms. The van der Waals surface area contributed by atoms with Crippen LogP contribution in [0.5, 0.6) is 0 Å². The fraction of sp³-hybridized carbons (Fsp3) is 0.889. The van der Waals surface area contributed by atoms with E-state index in [0.29, 0.717) is 17.0 Å². The van der Waals surface area contributed by atoms with Gasteiger partial charge >= 0.3 is 0 Å². The molecule has 0 fully saturated rings. The summed E-state index contributed by atoms with van der Waals surface area (Å²) in [4.78, 5) is 0.0616. The lowest BCUT2D eigenvalue weighted by atomic mass is 10.1. The lowest BCUT2D eigenvalue weighted by Gasteiger charge is -2.11. The van der Waals surface area contributed by atoms with Crippen molar-refractivity contribution in [3.8, 4) is 12.1 Å². The summed E-state index contributed by atoms with van der Waals surface area (Å²) in [7, 11) is 0. The molecule has 2 N–H and O–H groups in total. The van der Waals surface area contributed by atoms with E-state index in [2.05, 4.69) is 38.8 Å². The summed E-state index contributed by atoms with van der Waals surface area (Å²) in [6.07, 6.45) is 12.3. The van der Waals surface area contributed by atoms with Gasteiger partial charge in [-0.05, 0) is 25.5 Å². The molecule has 24 heavy (non-hydrogen) atoms. The summed E-state index contributed by atoms with van der Waals surface area (Å²) in [6, 6.07) is 4.03. The standard InChI is InChI=1S/C12H25Br2NS.C6H8N2/c1-2-3-4-5-6-7-8-9-10-16-12(14)11(13)15;1-6(5-8)3-2-4-7/h11-12H,2-10,15H2,1H3;6H,2-3H2,1H3. The van der Waals surface area contributed by atoms with Gasteiger partial charge in [0.1, 0.15) is 0 Å². The molecule has 0 rings (SSSR count). The molecule has 0 aromatic heterocycles. The van der Waals surface area contributed by atoms with E-state index in [4.69, 9.17) is 16.3 Å². The van der Waals surface area contributed by atoms with Crippen LogP contribution in [0.15, 0.2) is 0 Å². The lowest BCUT2D eigenvalue weighted by molar-refractivity contribution is 0.586. The average Bonchev–Trinajstić information content (AvgIpc) is 2.58. The van der Waals surface area contributed by atoms with Gasteiger partial charge in [-0.2, -0.15) is 10.5 Å². The summed E-state index contributed by atoms with van der Waals surface area (Å²) in [5.41, 5.74) is 5.69. The van der Waals surface area contributed by atoms with Crippen molar-refractivity contribution in [3.63, 3.8) is 0 Å². The SMILES string of the molecule is CC(C#N)CCC#N.CCCCCCCCCCSC(Br)C(N)Br. The number of halogens is 2. The van der Waals surface area contributed by atoms with Gasteiger partial charge in [-0.25, -0.2) is 0 Å². The van der Waals surface area contributed by atoms with Gasteiger partial charge in [0.15, 0.2) is 0 Å². The van der Waals surface area contributed by atoms with Crippen LogP contribution in [0.3, 0.4) is 0 Å². The quantitative estimate of drug-likeness (QED) is 0.180.